The first kappa shape index (κ1) is 35.9. The normalized spacial score (nSPS) is 15.2. The van der Waals surface area contributed by atoms with Crippen LogP contribution in [0.4, 0.5) is 0 Å². The Morgan fingerprint density at radius 2 is 1.29 bits per heavy atom. The van der Waals surface area contributed by atoms with E-state index in [0.29, 0.717) is 6.42 Å². The number of allylic oxidation sites excluding steroid dienone is 12. The molecule has 0 heterocycles. The second kappa shape index (κ2) is 26.5. The van der Waals surface area contributed by atoms with Crippen molar-refractivity contribution in [2.45, 2.75) is 77.2 Å². The molecule has 0 aliphatic carbocycles. The summed E-state index contributed by atoms with van der Waals surface area (Å²) < 4.78 is 25.5. The molecule has 4 N–H and O–H groups in total. The molecule has 0 aliphatic rings. The molecule has 0 fully saturated rings. The third kappa shape index (κ3) is 27.0. The predicted molar refractivity (Wildman–Crippen MR) is 154 cm³/mol. The van der Waals surface area contributed by atoms with Gasteiger partial charge in [-0.2, -0.15) is 0 Å². The van der Waals surface area contributed by atoms with Gasteiger partial charge in [-0.25, -0.2) is 4.57 Å². The Hall–Kier alpha value is -2.06. The predicted octanol–water partition coefficient (Wildman–Crippen LogP) is 6.24. The van der Waals surface area contributed by atoms with Crippen molar-refractivity contribution in [1.82, 2.24) is 0 Å². The molecule has 38 heavy (non-hydrogen) atoms. The summed E-state index contributed by atoms with van der Waals surface area (Å²) in [5.41, 5.74) is 5.17. The van der Waals surface area contributed by atoms with E-state index in [2.05, 4.69) is 88.9 Å². The fourth-order valence-electron chi connectivity index (χ4n) is 2.87. The maximum Gasteiger partial charge on any atom is 0.472 e. The number of phosphoric acid groups is 1. The summed E-state index contributed by atoms with van der Waals surface area (Å²) in [5, 5.41) is 9.69. The molecule has 0 spiro atoms. The molecule has 1 unspecified atom stereocenters. The van der Waals surface area contributed by atoms with Crippen molar-refractivity contribution in [1.29, 1.82) is 0 Å². The minimum Gasteiger partial charge on any atom is -0.463 e. The number of esters is 1. The molecule has 0 bridgehead atoms. The molecule has 0 amide bonds. The average Bonchev–Trinajstić information content (AvgIpc) is 2.90. The fraction of sp³-hybridized carbons (Fsp3) is 0.552. The maximum atomic E-state index is 11.7. The van der Waals surface area contributed by atoms with E-state index in [4.69, 9.17) is 10.5 Å². The van der Waals surface area contributed by atoms with E-state index in [9.17, 15) is 19.4 Å². The number of aliphatic hydroxyl groups excluding tert-OH is 1. The van der Waals surface area contributed by atoms with Gasteiger partial charge in [-0.1, -0.05) is 79.8 Å². The second-order valence-electron chi connectivity index (χ2n) is 8.38. The van der Waals surface area contributed by atoms with Crippen LogP contribution in [0, 0.1) is 0 Å². The molecular weight excluding hydrogens is 505 g/mol. The second-order valence-corrected chi connectivity index (χ2v) is 9.84. The zero-order valence-corrected chi connectivity index (χ0v) is 23.8. The summed E-state index contributed by atoms with van der Waals surface area (Å²) in [5.74, 6) is -0.432. The van der Waals surface area contributed by atoms with Crippen LogP contribution >= 0.6 is 7.82 Å². The number of nitrogens with two attached hydrogens (primary N) is 1. The van der Waals surface area contributed by atoms with E-state index in [1.165, 1.54) is 0 Å². The molecule has 2 atom stereocenters. The van der Waals surface area contributed by atoms with Gasteiger partial charge in [0, 0.05) is 13.0 Å². The first-order valence-electron chi connectivity index (χ1n) is 13.5. The lowest BCUT2D eigenvalue weighted by molar-refractivity contribution is -0.147. The SMILES string of the molecule is CC/C=C\C/C=C\C/C=C\C/C=C\C/C=C\C/C=C\CCCCC(=O)OC[C@@H](O)COP(=O)(O)OCCN. The number of rotatable bonds is 24. The van der Waals surface area contributed by atoms with Crippen LogP contribution in [0.15, 0.2) is 72.9 Å². The highest BCUT2D eigenvalue weighted by Gasteiger charge is 2.22. The van der Waals surface area contributed by atoms with Gasteiger partial charge in [0.1, 0.15) is 12.7 Å². The average molecular weight is 554 g/mol. The minimum atomic E-state index is -4.26. The van der Waals surface area contributed by atoms with Crippen LogP contribution in [0.3, 0.4) is 0 Å². The van der Waals surface area contributed by atoms with Crippen LogP contribution in [0.1, 0.15) is 71.1 Å². The van der Waals surface area contributed by atoms with Gasteiger partial charge >= 0.3 is 13.8 Å². The number of unbranched alkanes of at least 4 members (excludes halogenated alkanes) is 2. The highest BCUT2D eigenvalue weighted by Crippen LogP contribution is 2.42. The Bertz CT molecular complexity index is 803. The van der Waals surface area contributed by atoms with Gasteiger partial charge in [-0.15, -0.1) is 0 Å². The Morgan fingerprint density at radius 3 is 1.79 bits per heavy atom. The fourth-order valence-corrected chi connectivity index (χ4v) is 3.64. The van der Waals surface area contributed by atoms with Crippen molar-refractivity contribution >= 4 is 13.8 Å². The van der Waals surface area contributed by atoms with E-state index in [-0.39, 0.29) is 26.2 Å². The third-order valence-electron chi connectivity index (χ3n) is 4.84. The van der Waals surface area contributed by atoms with E-state index in [1.807, 2.05) is 0 Å². The van der Waals surface area contributed by atoms with Crippen molar-refractivity contribution in [2.75, 3.05) is 26.4 Å². The first-order chi connectivity index (χ1) is 18.4. The monoisotopic (exact) mass is 553 g/mol. The molecule has 0 aromatic heterocycles. The summed E-state index contributed by atoms with van der Waals surface area (Å²) in [6, 6.07) is 0. The number of hydrogen-bond donors (Lipinski definition) is 3. The zero-order chi connectivity index (χ0) is 28.2. The topological polar surface area (TPSA) is 128 Å². The summed E-state index contributed by atoms with van der Waals surface area (Å²) >= 11 is 0. The summed E-state index contributed by atoms with van der Waals surface area (Å²) in [4.78, 5) is 21.1. The van der Waals surface area contributed by atoms with Crippen molar-refractivity contribution in [3.8, 4) is 0 Å². The quantitative estimate of drug-likeness (QED) is 0.0554. The van der Waals surface area contributed by atoms with Gasteiger partial charge < -0.3 is 20.5 Å². The Labute approximate surface area is 229 Å². The molecule has 0 radical (unpaired) electrons. The standard InChI is InChI=1S/C29H48NO7P/c1-2-3-4-5-6-7-8-9-10-11-12-13-14-15-16-17-18-19-20-21-22-23-29(32)35-26-28(31)27-37-38(33,34)36-25-24-30/h3-4,6-7,9-10,12-13,15-16,18-19,28,31H,2,5,8,11,14,17,20-27,30H2,1H3,(H,33,34)/b4-3-,7-6-,10-9-,13-12-,16-15-,19-18-/t28-/m1/s1. The molecule has 0 saturated carbocycles. The molecule has 9 heteroatoms. The molecule has 216 valence electrons. The minimum absolute atomic E-state index is 0.0637. The number of aliphatic hydroxyl groups is 1. The van der Waals surface area contributed by atoms with Crippen LogP contribution < -0.4 is 5.73 Å². The number of carbonyl (C=O) groups excluding carboxylic acids is 1. The number of carbonyl (C=O) groups is 1. The van der Waals surface area contributed by atoms with Crippen molar-refractivity contribution in [3.05, 3.63) is 72.9 Å². The van der Waals surface area contributed by atoms with Gasteiger partial charge in [0.15, 0.2) is 0 Å². The van der Waals surface area contributed by atoms with Crippen LogP contribution in [0.25, 0.3) is 0 Å². The van der Waals surface area contributed by atoms with Crippen LogP contribution in [-0.4, -0.2) is 48.4 Å². The van der Waals surface area contributed by atoms with E-state index in [0.717, 1.165) is 51.4 Å². The number of ether oxygens (including phenoxy) is 1. The van der Waals surface area contributed by atoms with Crippen molar-refractivity contribution in [2.24, 2.45) is 5.73 Å². The maximum absolute atomic E-state index is 11.7. The van der Waals surface area contributed by atoms with Gasteiger partial charge in [-0.05, 0) is 57.8 Å². The van der Waals surface area contributed by atoms with Gasteiger partial charge in [-0.3, -0.25) is 13.8 Å². The number of hydrogen-bond acceptors (Lipinski definition) is 7. The highest BCUT2D eigenvalue weighted by molar-refractivity contribution is 7.47. The number of phosphoric ester groups is 1. The highest BCUT2D eigenvalue weighted by atomic mass is 31.2. The molecule has 0 rings (SSSR count). The van der Waals surface area contributed by atoms with E-state index < -0.39 is 26.5 Å². The van der Waals surface area contributed by atoms with Crippen LogP contribution in [-0.2, 0) is 23.1 Å². The lowest BCUT2D eigenvalue weighted by atomic mass is 10.2. The molecule has 8 nitrogen and oxygen atoms in total. The molecule has 0 aromatic carbocycles. The molecule has 0 aromatic rings. The summed E-state index contributed by atoms with van der Waals surface area (Å²) in [6.07, 6.45) is 33.3. The largest absolute Gasteiger partial charge is 0.472 e. The van der Waals surface area contributed by atoms with Gasteiger partial charge in [0.05, 0.1) is 13.2 Å². The van der Waals surface area contributed by atoms with E-state index >= 15 is 0 Å². The smallest absolute Gasteiger partial charge is 0.463 e. The first-order valence-corrected chi connectivity index (χ1v) is 15.0. The van der Waals surface area contributed by atoms with Crippen molar-refractivity contribution < 1.29 is 33.1 Å². The van der Waals surface area contributed by atoms with Crippen molar-refractivity contribution in [3.63, 3.8) is 0 Å². The Balaban J connectivity index is 3.67. The zero-order valence-electron chi connectivity index (χ0n) is 22.9. The van der Waals surface area contributed by atoms with Crippen LogP contribution in [0.5, 0.6) is 0 Å². The van der Waals surface area contributed by atoms with E-state index in [1.54, 1.807) is 0 Å². The summed E-state index contributed by atoms with van der Waals surface area (Å²) in [7, 11) is -4.26. The Kier molecular flexibility index (Phi) is 25.1. The molecule has 0 saturated heterocycles. The molecular formula is C29H48NO7P. The van der Waals surface area contributed by atoms with Gasteiger partial charge in [0.25, 0.3) is 0 Å². The third-order valence-corrected chi connectivity index (χ3v) is 5.82. The lowest BCUT2D eigenvalue weighted by Crippen LogP contribution is -2.23. The Morgan fingerprint density at radius 1 is 0.789 bits per heavy atom. The summed E-state index contributed by atoms with van der Waals surface area (Å²) in [6.45, 7) is 1.25. The van der Waals surface area contributed by atoms with Gasteiger partial charge in [0.2, 0.25) is 0 Å². The molecule has 0 aliphatic heterocycles. The lowest BCUT2D eigenvalue weighted by Gasteiger charge is -2.15. The van der Waals surface area contributed by atoms with Crippen LogP contribution in [0.2, 0.25) is 0 Å².